The molecule has 2 heterocycles. The topological polar surface area (TPSA) is 66.6 Å². The summed E-state index contributed by atoms with van der Waals surface area (Å²) in [7, 11) is 0. The van der Waals surface area contributed by atoms with E-state index in [1.807, 2.05) is 0 Å². The van der Waals surface area contributed by atoms with Crippen molar-refractivity contribution >= 4 is 0 Å². The number of allylic oxidation sites excluding steroid dienone is 2. The quantitative estimate of drug-likeness (QED) is 0.386. The molecule has 2 aromatic carbocycles. The van der Waals surface area contributed by atoms with E-state index in [0.717, 1.165) is 56.5 Å². The van der Waals surface area contributed by atoms with Crippen LogP contribution < -0.4 is 30.7 Å². The maximum atomic E-state index is 6.38. The van der Waals surface area contributed by atoms with E-state index in [0.29, 0.717) is 13.2 Å². The van der Waals surface area contributed by atoms with Crippen molar-refractivity contribution in [3.05, 3.63) is 82.6 Å². The normalized spacial score (nSPS) is 19.8. The largest absolute Gasteiger partial charge is 0.491 e. The molecule has 2 aromatic rings. The zero-order valence-electron chi connectivity index (χ0n) is 24.7. The Morgan fingerprint density at radius 3 is 1.79 bits per heavy atom. The molecule has 4 rings (SSSR count). The van der Waals surface area contributed by atoms with Gasteiger partial charge in [-0.2, -0.15) is 0 Å². The summed E-state index contributed by atoms with van der Waals surface area (Å²) in [6.45, 7) is 19.7. The highest BCUT2D eigenvalue weighted by Crippen LogP contribution is 2.30. The van der Waals surface area contributed by atoms with Crippen LogP contribution in [0.2, 0.25) is 0 Å². The molecule has 0 radical (unpaired) electrons. The fraction of sp³-hybridized carbons (Fsp3) is 0.515. The third-order valence-electron chi connectivity index (χ3n) is 7.25. The number of ether oxygens (including phenoxy) is 2. The van der Waals surface area contributed by atoms with Crippen LogP contribution in [0.1, 0.15) is 63.8 Å². The summed E-state index contributed by atoms with van der Waals surface area (Å²) in [6.07, 6.45) is 6.33. The standard InChI is InChI=1S/C33H48N4O2/c1-32(2,3)26-10-12-30-24(18-26)20-35-16-14-34-15-17-36-21-25-19-27(33(4,5)6)11-13-31(25)39-23-29-9-7-8-28(37-29)22-38-30/h7-13,18-19,28,34-37H,14-17,20-23H2,1-6H3. The maximum absolute atomic E-state index is 6.38. The predicted octanol–water partition coefficient (Wildman–Crippen LogP) is 4.93. The Balaban J connectivity index is 1.50. The molecule has 0 saturated heterocycles. The fourth-order valence-corrected chi connectivity index (χ4v) is 4.74. The number of dihydropyridines is 1. The molecular formula is C33H48N4O2. The predicted molar refractivity (Wildman–Crippen MR) is 162 cm³/mol. The highest BCUT2D eigenvalue weighted by atomic mass is 16.5. The summed E-state index contributed by atoms with van der Waals surface area (Å²) < 4.78 is 12.7. The van der Waals surface area contributed by atoms with Gasteiger partial charge in [0, 0.05) is 56.1 Å². The molecule has 0 amide bonds. The van der Waals surface area contributed by atoms with Gasteiger partial charge in [-0.15, -0.1) is 0 Å². The summed E-state index contributed by atoms with van der Waals surface area (Å²) in [4.78, 5) is 0. The summed E-state index contributed by atoms with van der Waals surface area (Å²) in [5, 5.41) is 14.3. The summed E-state index contributed by atoms with van der Waals surface area (Å²) in [5.74, 6) is 1.86. The molecule has 0 fully saturated rings. The molecular weight excluding hydrogens is 484 g/mol. The molecule has 1 atom stereocenters. The first kappa shape index (κ1) is 29.2. The molecule has 6 nitrogen and oxygen atoms in total. The smallest absolute Gasteiger partial charge is 0.128 e. The Morgan fingerprint density at radius 1 is 0.692 bits per heavy atom. The van der Waals surface area contributed by atoms with Crippen LogP contribution in [0.5, 0.6) is 11.5 Å². The van der Waals surface area contributed by atoms with Crippen molar-refractivity contribution in [3.8, 4) is 11.5 Å². The number of nitrogens with one attached hydrogen (secondary N) is 4. The lowest BCUT2D eigenvalue weighted by atomic mass is 9.86. The molecule has 2 aliphatic heterocycles. The molecule has 6 heteroatoms. The molecule has 212 valence electrons. The monoisotopic (exact) mass is 532 g/mol. The zero-order chi connectivity index (χ0) is 27.9. The maximum Gasteiger partial charge on any atom is 0.128 e. The van der Waals surface area contributed by atoms with Gasteiger partial charge in [0.2, 0.25) is 0 Å². The minimum absolute atomic E-state index is 0.0795. The molecule has 0 saturated carbocycles. The average Bonchev–Trinajstić information content (AvgIpc) is 2.89. The van der Waals surface area contributed by atoms with E-state index >= 15 is 0 Å². The molecule has 0 aliphatic carbocycles. The third-order valence-corrected chi connectivity index (χ3v) is 7.25. The van der Waals surface area contributed by atoms with Gasteiger partial charge in [-0.05, 0) is 40.2 Å². The lowest BCUT2D eigenvalue weighted by molar-refractivity contribution is 0.278. The van der Waals surface area contributed by atoms with Crippen molar-refractivity contribution in [2.24, 2.45) is 0 Å². The Hall–Kier alpha value is -2.80. The van der Waals surface area contributed by atoms with E-state index in [9.17, 15) is 0 Å². The Morgan fingerprint density at radius 2 is 1.23 bits per heavy atom. The van der Waals surface area contributed by atoms with E-state index in [-0.39, 0.29) is 16.9 Å². The molecule has 4 N–H and O–H groups in total. The van der Waals surface area contributed by atoms with Crippen LogP contribution in [-0.2, 0) is 23.9 Å². The van der Waals surface area contributed by atoms with Crippen LogP contribution in [-0.4, -0.2) is 45.4 Å². The third kappa shape index (κ3) is 8.59. The van der Waals surface area contributed by atoms with E-state index in [2.05, 4.69) is 117 Å². The summed E-state index contributed by atoms with van der Waals surface area (Å²) in [6, 6.07) is 13.3. The minimum Gasteiger partial charge on any atom is -0.491 e. The highest BCUT2D eigenvalue weighted by molar-refractivity contribution is 5.41. The van der Waals surface area contributed by atoms with Gasteiger partial charge >= 0.3 is 0 Å². The zero-order valence-corrected chi connectivity index (χ0v) is 24.7. The van der Waals surface area contributed by atoms with Gasteiger partial charge in [0.15, 0.2) is 0 Å². The van der Waals surface area contributed by atoms with Crippen LogP contribution in [0.25, 0.3) is 0 Å². The number of benzene rings is 2. The fourth-order valence-electron chi connectivity index (χ4n) is 4.74. The van der Waals surface area contributed by atoms with Crippen molar-refractivity contribution in [1.29, 1.82) is 0 Å². The van der Waals surface area contributed by atoms with Crippen molar-refractivity contribution < 1.29 is 9.47 Å². The van der Waals surface area contributed by atoms with E-state index in [1.165, 1.54) is 22.3 Å². The first-order valence-electron chi connectivity index (χ1n) is 14.4. The van der Waals surface area contributed by atoms with Gasteiger partial charge in [0.05, 0.1) is 6.04 Å². The molecule has 1 unspecified atom stereocenters. The van der Waals surface area contributed by atoms with Crippen molar-refractivity contribution in [3.63, 3.8) is 0 Å². The van der Waals surface area contributed by atoms with Crippen molar-refractivity contribution in [2.45, 2.75) is 71.5 Å². The Labute approximate surface area is 235 Å². The number of rotatable bonds is 0. The van der Waals surface area contributed by atoms with Crippen LogP contribution in [0, 0.1) is 0 Å². The number of fused-ring (bicyclic) bond motifs is 4. The second-order valence-corrected chi connectivity index (χ2v) is 12.7. The van der Waals surface area contributed by atoms with Gasteiger partial charge in [-0.25, -0.2) is 0 Å². The van der Waals surface area contributed by atoms with Crippen molar-refractivity contribution in [1.82, 2.24) is 21.3 Å². The lowest BCUT2D eigenvalue weighted by Crippen LogP contribution is -2.36. The van der Waals surface area contributed by atoms with Gasteiger partial charge in [-0.3, -0.25) is 0 Å². The van der Waals surface area contributed by atoms with E-state index in [1.54, 1.807) is 0 Å². The van der Waals surface area contributed by atoms with Crippen LogP contribution in [0.4, 0.5) is 0 Å². The van der Waals surface area contributed by atoms with Gasteiger partial charge in [0.1, 0.15) is 24.7 Å². The molecule has 0 spiro atoms. The molecule has 2 aliphatic rings. The Bertz CT molecular complexity index is 1160. The second-order valence-electron chi connectivity index (χ2n) is 12.7. The molecule has 2 bridgehead atoms. The summed E-state index contributed by atoms with van der Waals surface area (Å²) in [5.41, 5.74) is 6.25. The highest BCUT2D eigenvalue weighted by Gasteiger charge is 2.19. The van der Waals surface area contributed by atoms with Crippen molar-refractivity contribution in [2.75, 3.05) is 39.4 Å². The van der Waals surface area contributed by atoms with Gasteiger partial charge < -0.3 is 30.7 Å². The van der Waals surface area contributed by atoms with Crippen LogP contribution in [0.15, 0.2) is 60.3 Å². The van der Waals surface area contributed by atoms with Crippen LogP contribution >= 0.6 is 0 Å². The molecule has 39 heavy (non-hydrogen) atoms. The SMILES string of the molecule is CC(C)(C)c1ccc2c(c1)CNCCNCCNCc1cc(C(C)(C)C)ccc1OCC1C=CC=C(CO2)N1. The minimum atomic E-state index is 0.0795. The Kier molecular flexibility index (Phi) is 9.76. The molecule has 0 aromatic heterocycles. The van der Waals surface area contributed by atoms with Gasteiger partial charge in [-0.1, -0.05) is 78.0 Å². The van der Waals surface area contributed by atoms with Gasteiger partial charge in [0.25, 0.3) is 0 Å². The number of hydrogen-bond donors (Lipinski definition) is 4. The number of hydrogen-bond acceptors (Lipinski definition) is 6. The average molecular weight is 533 g/mol. The van der Waals surface area contributed by atoms with Crippen LogP contribution in [0.3, 0.4) is 0 Å². The lowest BCUT2D eigenvalue weighted by Gasteiger charge is -2.25. The van der Waals surface area contributed by atoms with E-state index in [4.69, 9.17) is 9.47 Å². The second kappa shape index (κ2) is 13.0. The summed E-state index contributed by atoms with van der Waals surface area (Å²) >= 11 is 0. The van der Waals surface area contributed by atoms with E-state index < -0.39 is 0 Å². The first-order valence-corrected chi connectivity index (χ1v) is 14.4. The first-order chi connectivity index (χ1) is 18.6.